The summed E-state index contributed by atoms with van der Waals surface area (Å²) in [5.74, 6) is 0.613. The van der Waals surface area contributed by atoms with Gasteiger partial charge in [-0.15, -0.1) is 11.3 Å². The Bertz CT molecular complexity index is 1170. The van der Waals surface area contributed by atoms with Crippen molar-refractivity contribution in [3.8, 4) is 10.4 Å². The summed E-state index contributed by atoms with van der Waals surface area (Å²) in [7, 11) is 1.60. The second-order valence-electron chi connectivity index (χ2n) is 7.66. The quantitative estimate of drug-likeness (QED) is 0.699. The molecule has 1 atom stereocenters. The van der Waals surface area contributed by atoms with Gasteiger partial charge in [0.2, 0.25) is 0 Å². The Balaban J connectivity index is 1.42. The van der Waals surface area contributed by atoms with Crippen LogP contribution < -0.4 is 11.0 Å². The molecule has 3 aromatic heterocycles. The smallest absolute Gasteiger partial charge is 0.272 e. The van der Waals surface area contributed by atoms with E-state index in [0.717, 1.165) is 36.3 Å². The van der Waals surface area contributed by atoms with Gasteiger partial charge in [-0.1, -0.05) is 6.07 Å². The number of nitrogens with zero attached hydrogens (tertiary/aromatic N) is 4. The van der Waals surface area contributed by atoms with Crippen LogP contribution in [0.25, 0.3) is 16.5 Å². The molecule has 0 aliphatic carbocycles. The lowest BCUT2D eigenvalue weighted by Crippen LogP contribution is -2.51. The third-order valence-electron chi connectivity index (χ3n) is 5.57. The Hall–Kier alpha value is -2.81. The summed E-state index contributed by atoms with van der Waals surface area (Å²) in [6.45, 7) is 4.05. The Morgan fingerprint density at radius 2 is 2.27 bits per heavy atom. The number of nitrogens with one attached hydrogen (secondary N) is 1. The number of rotatable bonds is 4. The summed E-state index contributed by atoms with van der Waals surface area (Å²) in [6.07, 6.45) is 4.78. The van der Waals surface area contributed by atoms with E-state index in [4.69, 9.17) is 9.72 Å². The third kappa shape index (κ3) is 3.47. The summed E-state index contributed by atoms with van der Waals surface area (Å²) in [5.41, 5.74) is 8.57. The highest BCUT2D eigenvalue weighted by Crippen LogP contribution is 2.29. The van der Waals surface area contributed by atoms with Crippen molar-refractivity contribution in [1.29, 1.82) is 0 Å². The number of fused-ring (bicyclic) bond motifs is 2. The Kier molecular flexibility index (Phi) is 4.98. The molecule has 0 aromatic carbocycles. The number of thiophene rings is 1. The third-order valence-corrected chi connectivity index (χ3v) is 6.49. The number of ether oxygens (including phenoxy) is 1. The first kappa shape index (κ1) is 19.2. The molecule has 7 nitrogen and oxygen atoms in total. The lowest BCUT2D eigenvalue weighted by molar-refractivity contribution is 0.180. The summed E-state index contributed by atoms with van der Waals surface area (Å²) >= 11 is 1.73. The SMILES string of the molecule is COCc1cc(=O)n2c(n1)C=C(C)C(N1CCc3ncc(-c4cccs4)cc3C1)N2. The van der Waals surface area contributed by atoms with Crippen molar-refractivity contribution >= 4 is 17.4 Å². The van der Waals surface area contributed by atoms with Crippen LogP contribution in [0.15, 0.2) is 46.2 Å². The van der Waals surface area contributed by atoms with Gasteiger partial charge in [-0.25, -0.2) is 9.66 Å². The normalized spacial score (nSPS) is 18.3. The van der Waals surface area contributed by atoms with Crippen LogP contribution in [0, 0.1) is 0 Å². The monoisotopic (exact) mass is 421 g/mol. The van der Waals surface area contributed by atoms with Gasteiger partial charge in [0.15, 0.2) is 5.82 Å². The highest BCUT2D eigenvalue weighted by molar-refractivity contribution is 7.13. The maximum Gasteiger partial charge on any atom is 0.272 e. The number of pyridine rings is 1. The molecule has 1 unspecified atom stereocenters. The Morgan fingerprint density at radius 1 is 1.37 bits per heavy atom. The zero-order valence-corrected chi connectivity index (χ0v) is 17.8. The lowest BCUT2D eigenvalue weighted by Gasteiger charge is -2.38. The maximum atomic E-state index is 12.6. The molecule has 0 fully saturated rings. The maximum absolute atomic E-state index is 12.6. The van der Waals surface area contributed by atoms with Crippen molar-refractivity contribution in [2.24, 2.45) is 0 Å². The summed E-state index contributed by atoms with van der Waals surface area (Å²) in [4.78, 5) is 25.5. The highest BCUT2D eigenvalue weighted by Gasteiger charge is 2.29. The lowest BCUT2D eigenvalue weighted by atomic mass is 10.0. The van der Waals surface area contributed by atoms with Crippen molar-refractivity contribution in [3.05, 3.63) is 74.5 Å². The van der Waals surface area contributed by atoms with E-state index in [9.17, 15) is 4.79 Å². The molecule has 8 heteroatoms. The molecule has 2 aliphatic rings. The number of hydrogen-bond acceptors (Lipinski definition) is 7. The van der Waals surface area contributed by atoms with Crippen LogP contribution in [-0.2, 0) is 24.3 Å². The Labute approximate surface area is 178 Å². The molecule has 5 rings (SSSR count). The van der Waals surface area contributed by atoms with Gasteiger partial charge >= 0.3 is 0 Å². The van der Waals surface area contributed by atoms with Gasteiger partial charge in [0.1, 0.15) is 6.17 Å². The minimum atomic E-state index is -0.125. The largest absolute Gasteiger partial charge is 0.378 e. The molecule has 0 radical (unpaired) electrons. The van der Waals surface area contributed by atoms with Crippen LogP contribution in [0.5, 0.6) is 0 Å². The van der Waals surface area contributed by atoms with Crippen LogP contribution in [0.3, 0.4) is 0 Å². The van der Waals surface area contributed by atoms with Crippen LogP contribution in [0.4, 0.5) is 0 Å². The predicted molar refractivity (Wildman–Crippen MR) is 118 cm³/mol. The topological polar surface area (TPSA) is 72.3 Å². The molecule has 154 valence electrons. The molecule has 0 amide bonds. The fraction of sp³-hybridized carbons (Fsp3) is 0.318. The molecular formula is C22H23N5O2S. The Morgan fingerprint density at radius 3 is 3.07 bits per heavy atom. The van der Waals surface area contributed by atoms with E-state index in [0.29, 0.717) is 18.1 Å². The molecular weight excluding hydrogens is 398 g/mol. The van der Waals surface area contributed by atoms with E-state index >= 15 is 0 Å². The van der Waals surface area contributed by atoms with E-state index < -0.39 is 0 Å². The number of aromatic nitrogens is 3. The fourth-order valence-electron chi connectivity index (χ4n) is 4.12. The molecule has 5 heterocycles. The average molecular weight is 422 g/mol. The number of methoxy groups -OCH3 is 1. The summed E-state index contributed by atoms with van der Waals surface area (Å²) < 4.78 is 6.66. The van der Waals surface area contributed by atoms with E-state index in [2.05, 4.69) is 45.8 Å². The first-order valence-electron chi connectivity index (χ1n) is 9.95. The van der Waals surface area contributed by atoms with Crippen molar-refractivity contribution < 1.29 is 4.74 Å². The van der Waals surface area contributed by atoms with Gasteiger partial charge in [0.05, 0.1) is 12.3 Å². The number of hydrogen-bond donors (Lipinski definition) is 1. The summed E-state index contributed by atoms with van der Waals surface area (Å²) in [5, 5.41) is 2.09. The fourth-order valence-corrected chi connectivity index (χ4v) is 4.83. The second-order valence-corrected chi connectivity index (χ2v) is 8.61. The highest BCUT2D eigenvalue weighted by atomic mass is 32.1. The van der Waals surface area contributed by atoms with Gasteiger partial charge in [0.25, 0.3) is 5.56 Å². The van der Waals surface area contributed by atoms with Gasteiger partial charge in [0, 0.05) is 55.0 Å². The van der Waals surface area contributed by atoms with Crippen LogP contribution in [-0.4, -0.2) is 39.4 Å². The van der Waals surface area contributed by atoms with Crippen LogP contribution in [0.1, 0.15) is 29.7 Å². The predicted octanol–water partition coefficient (Wildman–Crippen LogP) is 2.86. The molecule has 0 saturated heterocycles. The van der Waals surface area contributed by atoms with E-state index in [-0.39, 0.29) is 11.7 Å². The van der Waals surface area contributed by atoms with E-state index in [1.54, 1.807) is 18.4 Å². The molecule has 0 spiro atoms. The van der Waals surface area contributed by atoms with Crippen LogP contribution in [0.2, 0.25) is 0 Å². The average Bonchev–Trinajstić information content (AvgIpc) is 3.28. The first-order chi connectivity index (χ1) is 14.6. The summed E-state index contributed by atoms with van der Waals surface area (Å²) in [6, 6.07) is 7.96. The molecule has 3 aromatic rings. The van der Waals surface area contributed by atoms with Crippen molar-refractivity contribution in [3.63, 3.8) is 0 Å². The molecule has 2 aliphatic heterocycles. The molecule has 0 bridgehead atoms. The minimum Gasteiger partial charge on any atom is -0.378 e. The zero-order chi connectivity index (χ0) is 20.7. The molecule has 1 N–H and O–H groups in total. The second kappa shape index (κ2) is 7.79. The van der Waals surface area contributed by atoms with Crippen molar-refractivity contribution in [2.45, 2.75) is 32.7 Å². The standard InChI is InChI=1S/C22H23N5O2S/c1-14-8-20-24-17(13-29-2)10-21(28)27(20)25-22(14)26-6-5-18-16(12-26)9-15(11-23-18)19-4-3-7-30-19/h3-4,7-11,22,25H,5-6,12-13H2,1-2H3. The van der Waals surface area contributed by atoms with Crippen molar-refractivity contribution in [1.82, 2.24) is 19.5 Å². The van der Waals surface area contributed by atoms with Crippen molar-refractivity contribution in [2.75, 3.05) is 19.1 Å². The van der Waals surface area contributed by atoms with E-state index in [1.165, 1.54) is 21.2 Å². The van der Waals surface area contributed by atoms with Gasteiger partial charge in [-0.05, 0) is 41.6 Å². The van der Waals surface area contributed by atoms with E-state index in [1.807, 2.05) is 12.3 Å². The molecule has 30 heavy (non-hydrogen) atoms. The molecule has 0 saturated carbocycles. The van der Waals surface area contributed by atoms with Gasteiger partial charge in [-0.2, -0.15) is 0 Å². The first-order valence-corrected chi connectivity index (χ1v) is 10.8. The minimum absolute atomic E-state index is 0.0659. The van der Waals surface area contributed by atoms with Gasteiger partial charge < -0.3 is 4.74 Å². The van der Waals surface area contributed by atoms with Gasteiger partial charge in [-0.3, -0.25) is 20.1 Å². The zero-order valence-electron chi connectivity index (χ0n) is 17.0. The van der Waals surface area contributed by atoms with Crippen LogP contribution >= 0.6 is 11.3 Å².